The Bertz CT molecular complexity index is 493. The first-order valence-corrected chi connectivity index (χ1v) is 8.12. The van der Waals surface area contributed by atoms with Crippen LogP contribution in [0, 0.1) is 5.41 Å². The van der Waals surface area contributed by atoms with E-state index in [-0.39, 0.29) is 5.41 Å². The van der Waals surface area contributed by atoms with Crippen LogP contribution in [0.2, 0.25) is 0 Å². The molecule has 0 aromatic heterocycles. The van der Waals surface area contributed by atoms with Gasteiger partial charge in [-0.2, -0.15) is 0 Å². The van der Waals surface area contributed by atoms with E-state index in [1.807, 2.05) is 0 Å². The lowest BCUT2D eigenvalue weighted by Gasteiger charge is -2.23. The highest BCUT2D eigenvalue weighted by atomic mass is 32.2. The molecule has 0 saturated carbocycles. The second kappa shape index (κ2) is 6.39. The van der Waals surface area contributed by atoms with Crippen molar-refractivity contribution in [2.75, 3.05) is 18.4 Å². The number of benzene rings is 1. The lowest BCUT2D eigenvalue weighted by Crippen LogP contribution is -2.23. The Hall–Kier alpha value is -1.07. The normalized spacial score (nSPS) is 12.4. The summed E-state index contributed by atoms with van der Waals surface area (Å²) in [6, 6.07) is 6.85. The van der Waals surface area contributed by atoms with Gasteiger partial charge in [-0.1, -0.05) is 27.7 Å². The van der Waals surface area contributed by atoms with E-state index in [0.29, 0.717) is 11.4 Å². The van der Waals surface area contributed by atoms with E-state index in [9.17, 15) is 8.42 Å². The van der Waals surface area contributed by atoms with Gasteiger partial charge >= 0.3 is 0 Å². The Morgan fingerprint density at radius 2 is 1.68 bits per heavy atom. The van der Waals surface area contributed by atoms with Crippen molar-refractivity contribution in [3.63, 3.8) is 0 Å². The molecule has 0 aliphatic heterocycles. The van der Waals surface area contributed by atoms with Gasteiger partial charge < -0.3 is 5.32 Å². The van der Waals surface area contributed by atoms with Crippen molar-refractivity contribution in [1.82, 2.24) is 4.72 Å². The second-order valence-corrected chi connectivity index (χ2v) is 7.16. The first kappa shape index (κ1) is 16.0. The molecule has 0 saturated heterocycles. The number of nitrogens with one attached hydrogen (secondary N) is 2. The molecule has 0 aliphatic carbocycles. The monoisotopic (exact) mass is 284 g/mol. The van der Waals surface area contributed by atoms with Crippen LogP contribution >= 0.6 is 0 Å². The molecule has 4 nitrogen and oxygen atoms in total. The number of sulfonamides is 1. The van der Waals surface area contributed by atoms with Crippen molar-refractivity contribution in [2.45, 2.75) is 39.0 Å². The Balaban J connectivity index is 2.72. The summed E-state index contributed by atoms with van der Waals surface area (Å²) in [5.41, 5.74) is 1.17. The minimum atomic E-state index is -3.35. The van der Waals surface area contributed by atoms with Crippen LogP contribution in [0.1, 0.15) is 34.1 Å². The molecule has 1 aromatic rings. The van der Waals surface area contributed by atoms with Gasteiger partial charge in [0, 0.05) is 18.8 Å². The summed E-state index contributed by atoms with van der Waals surface area (Å²) in [5, 5.41) is 3.33. The summed E-state index contributed by atoms with van der Waals surface area (Å²) in [5.74, 6) is 0. The van der Waals surface area contributed by atoms with Crippen LogP contribution < -0.4 is 10.0 Å². The molecule has 0 spiro atoms. The third kappa shape index (κ3) is 4.84. The van der Waals surface area contributed by atoms with Crippen LogP contribution in [0.15, 0.2) is 29.2 Å². The molecule has 0 fully saturated rings. The maximum atomic E-state index is 11.8. The fraction of sp³-hybridized carbons (Fsp3) is 0.571. The highest BCUT2D eigenvalue weighted by Crippen LogP contribution is 2.21. The SMILES string of the molecule is CCNS(=O)(=O)c1ccc(NCC(C)(C)CC)cc1. The standard InChI is InChI=1S/C14H24N2O2S/c1-5-14(3,4)11-15-12-7-9-13(10-8-12)19(17,18)16-6-2/h7-10,15-16H,5-6,11H2,1-4H3. The minimum Gasteiger partial charge on any atom is -0.385 e. The summed E-state index contributed by atoms with van der Waals surface area (Å²) in [7, 11) is -3.35. The molecule has 0 atom stereocenters. The van der Waals surface area contributed by atoms with Crippen LogP contribution in [0.3, 0.4) is 0 Å². The predicted molar refractivity (Wildman–Crippen MR) is 79.9 cm³/mol. The second-order valence-electron chi connectivity index (χ2n) is 5.40. The van der Waals surface area contributed by atoms with E-state index in [1.165, 1.54) is 0 Å². The Morgan fingerprint density at radius 3 is 2.16 bits per heavy atom. The number of anilines is 1. The van der Waals surface area contributed by atoms with E-state index in [0.717, 1.165) is 18.7 Å². The smallest absolute Gasteiger partial charge is 0.240 e. The number of hydrogen-bond acceptors (Lipinski definition) is 3. The van der Waals surface area contributed by atoms with Gasteiger partial charge in [-0.3, -0.25) is 0 Å². The lowest BCUT2D eigenvalue weighted by atomic mass is 9.90. The van der Waals surface area contributed by atoms with Crippen LogP contribution in [0.4, 0.5) is 5.69 Å². The van der Waals surface area contributed by atoms with E-state index >= 15 is 0 Å². The first-order chi connectivity index (χ1) is 8.80. The Labute approximate surface area is 116 Å². The minimum absolute atomic E-state index is 0.231. The van der Waals surface area contributed by atoms with Crippen molar-refractivity contribution in [3.05, 3.63) is 24.3 Å². The molecule has 0 unspecified atom stereocenters. The molecular formula is C14H24N2O2S. The highest BCUT2D eigenvalue weighted by Gasteiger charge is 2.15. The van der Waals surface area contributed by atoms with Gasteiger partial charge in [0.2, 0.25) is 10.0 Å². The largest absolute Gasteiger partial charge is 0.385 e. The fourth-order valence-corrected chi connectivity index (χ4v) is 2.53. The summed E-state index contributed by atoms with van der Waals surface area (Å²) in [4.78, 5) is 0.301. The zero-order chi connectivity index (χ0) is 14.5. The van der Waals surface area contributed by atoms with Gasteiger partial charge in [0.25, 0.3) is 0 Å². The lowest BCUT2D eigenvalue weighted by molar-refractivity contribution is 0.377. The van der Waals surface area contributed by atoms with Crippen molar-refractivity contribution >= 4 is 15.7 Å². The van der Waals surface area contributed by atoms with Crippen LogP contribution in [-0.2, 0) is 10.0 Å². The van der Waals surface area contributed by atoms with Gasteiger partial charge in [0.1, 0.15) is 0 Å². The molecule has 5 heteroatoms. The Morgan fingerprint density at radius 1 is 1.11 bits per heavy atom. The average molecular weight is 284 g/mol. The third-order valence-corrected chi connectivity index (χ3v) is 4.79. The maximum absolute atomic E-state index is 11.8. The van der Waals surface area contributed by atoms with E-state index in [4.69, 9.17) is 0 Å². The van der Waals surface area contributed by atoms with Crippen LogP contribution in [-0.4, -0.2) is 21.5 Å². The average Bonchev–Trinajstić information content (AvgIpc) is 2.37. The molecule has 19 heavy (non-hydrogen) atoms. The summed E-state index contributed by atoms with van der Waals surface area (Å²) in [6.07, 6.45) is 1.09. The quantitative estimate of drug-likeness (QED) is 0.809. The van der Waals surface area contributed by atoms with Crippen molar-refractivity contribution < 1.29 is 8.42 Å². The summed E-state index contributed by atoms with van der Waals surface area (Å²) in [6.45, 7) is 9.58. The number of rotatable bonds is 7. The van der Waals surface area contributed by atoms with Gasteiger partial charge in [-0.25, -0.2) is 13.1 Å². The van der Waals surface area contributed by atoms with E-state index in [1.54, 1.807) is 31.2 Å². The van der Waals surface area contributed by atoms with Gasteiger partial charge in [0.15, 0.2) is 0 Å². The zero-order valence-electron chi connectivity index (χ0n) is 12.2. The molecule has 108 valence electrons. The molecule has 1 rings (SSSR count). The highest BCUT2D eigenvalue weighted by molar-refractivity contribution is 7.89. The molecule has 0 aliphatic rings. The van der Waals surface area contributed by atoms with Crippen molar-refractivity contribution in [3.8, 4) is 0 Å². The van der Waals surface area contributed by atoms with Crippen LogP contribution in [0.5, 0.6) is 0 Å². The molecule has 0 heterocycles. The summed E-state index contributed by atoms with van der Waals surface area (Å²) < 4.78 is 26.0. The third-order valence-electron chi connectivity index (χ3n) is 3.23. The topological polar surface area (TPSA) is 58.2 Å². The van der Waals surface area contributed by atoms with Gasteiger partial charge in [-0.05, 0) is 36.1 Å². The van der Waals surface area contributed by atoms with Gasteiger partial charge in [-0.15, -0.1) is 0 Å². The predicted octanol–water partition coefficient (Wildman–Crippen LogP) is 2.83. The molecular weight excluding hydrogens is 260 g/mol. The van der Waals surface area contributed by atoms with E-state index < -0.39 is 10.0 Å². The van der Waals surface area contributed by atoms with E-state index in [2.05, 4.69) is 30.8 Å². The molecule has 0 bridgehead atoms. The molecule has 1 aromatic carbocycles. The number of hydrogen-bond donors (Lipinski definition) is 2. The van der Waals surface area contributed by atoms with Crippen LogP contribution in [0.25, 0.3) is 0 Å². The summed E-state index contributed by atoms with van der Waals surface area (Å²) >= 11 is 0. The fourth-order valence-electron chi connectivity index (χ4n) is 1.49. The molecule has 2 N–H and O–H groups in total. The molecule has 0 radical (unpaired) electrons. The zero-order valence-corrected chi connectivity index (χ0v) is 13.0. The van der Waals surface area contributed by atoms with Crippen molar-refractivity contribution in [2.24, 2.45) is 5.41 Å². The van der Waals surface area contributed by atoms with Crippen molar-refractivity contribution in [1.29, 1.82) is 0 Å². The first-order valence-electron chi connectivity index (χ1n) is 6.64. The Kier molecular flexibility index (Phi) is 5.38. The van der Waals surface area contributed by atoms with Gasteiger partial charge in [0.05, 0.1) is 4.90 Å². The molecule has 0 amide bonds. The maximum Gasteiger partial charge on any atom is 0.240 e.